The number of hydrogen-bond donors (Lipinski definition) is 1. The molecule has 9 nitrogen and oxygen atoms in total. The smallest absolute Gasteiger partial charge is 0.262 e. The van der Waals surface area contributed by atoms with Crippen LogP contribution in [-0.4, -0.2) is 59.5 Å². The molecule has 0 spiro atoms. The number of fused-ring (bicyclic) bond motifs is 2. The summed E-state index contributed by atoms with van der Waals surface area (Å²) in [5.41, 5.74) is 1.10. The molecule has 1 atom stereocenters. The Balaban J connectivity index is 1.59. The van der Waals surface area contributed by atoms with Gasteiger partial charge in [-0.15, -0.1) is 0 Å². The minimum atomic E-state index is -3.66. The summed E-state index contributed by atoms with van der Waals surface area (Å²) in [7, 11) is -3.66. The summed E-state index contributed by atoms with van der Waals surface area (Å²) in [5, 5.41) is 3.00. The first kappa shape index (κ1) is 26.9. The molecule has 1 unspecified atom stereocenters. The highest BCUT2D eigenvalue weighted by molar-refractivity contribution is 7.89. The highest BCUT2D eigenvalue weighted by Gasteiger charge is 2.44. The summed E-state index contributed by atoms with van der Waals surface area (Å²) >= 11 is 1.14. The maximum atomic E-state index is 13.3. The first-order valence-electron chi connectivity index (χ1n) is 12.3. The summed E-state index contributed by atoms with van der Waals surface area (Å²) in [6.07, 6.45) is 1.42. The van der Waals surface area contributed by atoms with Gasteiger partial charge in [0, 0.05) is 13.1 Å². The number of nitrogens with zero attached hydrogens (tertiary/aromatic N) is 3. The van der Waals surface area contributed by atoms with Gasteiger partial charge in [-0.1, -0.05) is 51.2 Å². The van der Waals surface area contributed by atoms with Crippen LogP contribution in [0.25, 0.3) is 10.2 Å². The average Bonchev–Trinajstić information content (AvgIpc) is 3.37. The van der Waals surface area contributed by atoms with E-state index in [1.54, 1.807) is 50.2 Å². The van der Waals surface area contributed by atoms with Crippen molar-refractivity contribution in [3.63, 3.8) is 0 Å². The lowest BCUT2D eigenvalue weighted by Gasteiger charge is -2.27. The van der Waals surface area contributed by atoms with E-state index in [0.717, 1.165) is 16.2 Å². The Morgan fingerprint density at radius 1 is 1.03 bits per heavy atom. The van der Waals surface area contributed by atoms with Crippen molar-refractivity contribution in [1.29, 1.82) is 0 Å². The summed E-state index contributed by atoms with van der Waals surface area (Å²) in [6.45, 7) is 8.28. The van der Waals surface area contributed by atoms with Crippen LogP contribution in [-0.2, 0) is 14.8 Å². The molecule has 37 heavy (non-hydrogen) atoms. The van der Waals surface area contributed by atoms with Crippen molar-refractivity contribution >= 4 is 54.4 Å². The monoisotopic (exact) mass is 542 g/mol. The SMILES string of the molecule is CCCN(CCC)S(=O)(=O)c1ccc2nc(NC(=O)C(C(C)C)N3C(=O)c4ccccc4C3=O)sc2c1. The topological polar surface area (TPSA) is 117 Å². The van der Waals surface area contributed by atoms with Gasteiger partial charge < -0.3 is 5.32 Å². The summed E-state index contributed by atoms with van der Waals surface area (Å²) in [4.78, 5) is 44.9. The molecular weight excluding hydrogens is 512 g/mol. The molecule has 2 aromatic carbocycles. The zero-order valence-electron chi connectivity index (χ0n) is 21.2. The van der Waals surface area contributed by atoms with Gasteiger partial charge in [0.05, 0.1) is 26.2 Å². The van der Waals surface area contributed by atoms with Crippen LogP contribution in [0, 0.1) is 5.92 Å². The second-order valence-electron chi connectivity index (χ2n) is 9.26. The van der Waals surface area contributed by atoms with Crippen molar-refractivity contribution in [3.8, 4) is 0 Å². The van der Waals surface area contributed by atoms with Crippen LogP contribution in [0.4, 0.5) is 5.13 Å². The largest absolute Gasteiger partial charge is 0.300 e. The van der Waals surface area contributed by atoms with Gasteiger partial charge in [-0.05, 0) is 49.1 Å². The molecule has 1 N–H and O–H groups in total. The van der Waals surface area contributed by atoms with Crippen molar-refractivity contribution in [3.05, 3.63) is 53.6 Å². The number of rotatable bonds is 10. The number of carbonyl (C=O) groups excluding carboxylic acids is 3. The summed E-state index contributed by atoms with van der Waals surface area (Å²) in [6, 6.07) is 10.2. The highest BCUT2D eigenvalue weighted by Crippen LogP contribution is 2.31. The summed E-state index contributed by atoms with van der Waals surface area (Å²) < 4.78 is 28.4. The van der Waals surface area contributed by atoms with E-state index in [1.165, 1.54) is 10.4 Å². The number of hydrogen-bond acceptors (Lipinski definition) is 7. The van der Waals surface area contributed by atoms with E-state index in [0.29, 0.717) is 36.1 Å². The maximum Gasteiger partial charge on any atom is 0.262 e. The lowest BCUT2D eigenvalue weighted by atomic mass is 10.0. The molecule has 1 aliphatic rings. The van der Waals surface area contributed by atoms with Gasteiger partial charge in [-0.25, -0.2) is 13.4 Å². The van der Waals surface area contributed by atoms with E-state index in [9.17, 15) is 22.8 Å². The minimum absolute atomic E-state index is 0.175. The van der Waals surface area contributed by atoms with Crippen LogP contribution in [0.1, 0.15) is 61.3 Å². The molecule has 3 aromatic rings. The number of carbonyl (C=O) groups is 3. The quantitative estimate of drug-likeness (QED) is 0.380. The Morgan fingerprint density at radius 3 is 2.16 bits per heavy atom. The normalized spacial score (nSPS) is 14.6. The van der Waals surface area contributed by atoms with E-state index in [-0.39, 0.29) is 27.1 Å². The zero-order valence-corrected chi connectivity index (χ0v) is 22.9. The van der Waals surface area contributed by atoms with Gasteiger partial charge in [0.2, 0.25) is 15.9 Å². The predicted octanol–water partition coefficient (Wildman–Crippen LogP) is 4.37. The fraction of sp³-hybridized carbons (Fsp3) is 0.385. The molecule has 11 heteroatoms. The average molecular weight is 543 g/mol. The van der Waals surface area contributed by atoms with E-state index < -0.39 is 33.8 Å². The first-order chi connectivity index (χ1) is 17.6. The van der Waals surface area contributed by atoms with Gasteiger partial charge in [0.25, 0.3) is 11.8 Å². The Bertz CT molecular complexity index is 1420. The molecule has 0 fully saturated rings. The Morgan fingerprint density at radius 2 is 1.62 bits per heavy atom. The molecule has 0 saturated heterocycles. The number of imide groups is 1. The number of benzene rings is 2. The second-order valence-corrected chi connectivity index (χ2v) is 12.2. The van der Waals surface area contributed by atoms with Gasteiger partial charge in [0.1, 0.15) is 6.04 Å². The van der Waals surface area contributed by atoms with E-state index in [2.05, 4.69) is 10.3 Å². The van der Waals surface area contributed by atoms with Crippen LogP contribution < -0.4 is 5.32 Å². The van der Waals surface area contributed by atoms with Crippen molar-refractivity contribution in [2.45, 2.75) is 51.5 Å². The third-order valence-electron chi connectivity index (χ3n) is 6.18. The number of thiazole rings is 1. The van der Waals surface area contributed by atoms with E-state index >= 15 is 0 Å². The number of amides is 3. The van der Waals surface area contributed by atoms with Crippen LogP contribution in [0.5, 0.6) is 0 Å². The molecule has 1 aliphatic heterocycles. The number of nitrogens with one attached hydrogen (secondary N) is 1. The minimum Gasteiger partial charge on any atom is -0.300 e. The van der Waals surface area contributed by atoms with Gasteiger partial charge in [-0.2, -0.15) is 4.31 Å². The highest BCUT2D eigenvalue weighted by atomic mass is 32.2. The molecular formula is C26H30N4O5S2. The molecule has 1 aromatic heterocycles. The fourth-order valence-electron chi connectivity index (χ4n) is 4.48. The van der Waals surface area contributed by atoms with Crippen LogP contribution in [0.2, 0.25) is 0 Å². The molecule has 3 amide bonds. The number of aromatic nitrogens is 1. The molecule has 0 saturated carbocycles. The van der Waals surface area contributed by atoms with Gasteiger partial charge in [0.15, 0.2) is 5.13 Å². The second kappa shape index (κ2) is 10.7. The summed E-state index contributed by atoms with van der Waals surface area (Å²) in [5.74, 6) is -1.89. The molecule has 4 rings (SSSR count). The van der Waals surface area contributed by atoms with Crippen LogP contribution in [0.15, 0.2) is 47.4 Å². The van der Waals surface area contributed by atoms with Crippen molar-refractivity contribution < 1.29 is 22.8 Å². The molecule has 0 radical (unpaired) electrons. The van der Waals surface area contributed by atoms with Gasteiger partial charge >= 0.3 is 0 Å². The van der Waals surface area contributed by atoms with Crippen molar-refractivity contribution in [2.24, 2.45) is 5.92 Å². The lowest BCUT2D eigenvalue weighted by Crippen LogP contribution is -2.50. The molecule has 0 bridgehead atoms. The number of sulfonamides is 1. The van der Waals surface area contributed by atoms with Crippen LogP contribution >= 0.6 is 11.3 Å². The predicted molar refractivity (Wildman–Crippen MR) is 143 cm³/mol. The fourth-order valence-corrected chi connectivity index (χ4v) is 7.11. The van der Waals surface area contributed by atoms with Crippen molar-refractivity contribution in [2.75, 3.05) is 18.4 Å². The molecule has 196 valence electrons. The maximum absolute atomic E-state index is 13.3. The molecule has 0 aliphatic carbocycles. The van der Waals surface area contributed by atoms with Gasteiger partial charge in [-0.3, -0.25) is 19.3 Å². The standard InChI is InChI=1S/C26H30N4O5S2/c1-5-13-29(14-6-2)37(34,35)17-11-12-20-21(15-17)36-26(27-20)28-23(31)22(16(3)4)30-24(32)18-9-7-8-10-19(18)25(30)33/h7-12,15-16,22H,5-6,13-14H2,1-4H3,(H,27,28,31). The lowest BCUT2D eigenvalue weighted by molar-refractivity contribution is -0.121. The third kappa shape index (κ3) is 5.03. The third-order valence-corrected chi connectivity index (χ3v) is 9.01. The van der Waals surface area contributed by atoms with E-state index in [1.807, 2.05) is 13.8 Å². The van der Waals surface area contributed by atoms with E-state index in [4.69, 9.17) is 0 Å². The van der Waals surface area contributed by atoms with Crippen LogP contribution in [0.3, 0.4) is 0 Å². The number of anilines is 1. The Labute approximate surface area is 220 Å². The Kier molecular flexibility index (Phi) is 7.77. The Hall–Kier alpha value is -3.15. The first-order valence-corrected chi connectivity index (χ1v) is 14.5. The zero-order chi connectivity index (χ0) is 26.9. The van der Waals surface area contributed by atoms with Crippen molar-refractivity contribution in [1.82, 2.24) is 14.2 Å². The molecule has 2 heterocycles.